The van der Waals surface area contributed by atoms with Crippen LogP contribution in [0.4, 0.5) is 0 Å². The second-order valence-electron chi connectivity index (χ2n) is 3.14. The standard InChI is InChI=1S/C12H11NO2.H/c1-2-15-12(14)10-7-9-5-3-4-6-11(9)13-8-10;/h3-8H,2H2,1H3;. The summed E-state index contributed by atoms with van der Waals surface area (Å²) < 4.78 is 4.90. The minimum Gasteiger partial charge on any atom is -0.462 e. The van der Waals surface area contributed by atoms with Crippen molar-refractivity contribution in [2.45, 2.75) is 6.92 Å². The van der Waals surface area contributed by atoms with Crippen LogP contribution in [0.25, 0.3) is 10.9 Å². The number of benzene rings is 1. The Kier molecular flexibility index (Phi) is 2.63. The molecule has 2 rings (SSSR count). The molecule has 15 heavy (non-hydrogen) atoms. The Hall–Kier alpha value is -1.90. The summed E-state index contributed by atoms with van der Waals surface area (Å²) in [7, 11) is 0. The van der Waals surface area contributed by atoms with Gasteiger partial charge < -0.3 is 4.74 Å². The molecule has 0 spiro atoms. The molecule has 0 atom stereocenters. The Bertz CT molecular complexity index is 499. The summed E-state index contributed by atoms with van der Waals surface area (Å²) in [5.41, 5.74) is 1.38. The van der Waals surface area contributed by atoms with Crippen molar-refractivity contribution in [2.75, 3.05) is 6.61 Å². The lowest BCUT2D eigenvalue weighted by molar-refractivity contribution is 0.0526. The third-order valence-electron chi connectivity index (χ3n) is 2.10. The number of ether oxygens (including phenoxy) is 1. The van der Waals surface area contributed by atoms with Crippen LogP contribution in [-0.4, -0.2) is 17.6 Å². The summed E-state index contributed by atoms with van der Waals surface area (Å²) in [6.45, 7) is 2.16. The Morgan fingerprint density at radius 2 is 2.27 bits per heavy atom. The van der Waals surface area contributed by atoms with E-state index in [1.807, 2.05) is 24.3 Å². The first-order valence-corrected chi connectivity index (χ1v) is 4.83. The largest absolute Gasteiger partial charge is 0.462 e. The van der Waals surface area contributed by atoms with Gasteiger partial charge in [-0.1, -0.05) is 18.2 Å². The van der Waals surface area contributed by atoms with E-state index in [4.69, 9.17) is 4.74 Å². The van der Waals surface area contributed by atoms with Gasteiger partial charge in [0.05, 0.1) is 17.7 Å². The minimum absolute atomic E-state index is 0. The van der Waals surface area contributed by atoms with Gasteiger partial charge >= 0.3 is 5.97 Å². The van der Waals surface area contributed by atoms with Crippen molar-refractivity contribution in [2.24, 2.45) is 0 Å². The van der Waals surface area contributed by atoms with Gasteiger partial charge in [-0.2, -0.15) is 0 Å². The number of nitrogens with zero attached hydrogens (tertiary/aromatic N) is 1. The van der Waals surface area contributed by atoms with Crippen molar-refractivity contribution in [1.29, 1.82) is 0 Å². The lowest BCUT2D eigenvalue weighted by atomic mass is 10.1. The van der Waals surface area contributed by atoms with Crippen LogP contribution in [0, 0.1) is 0 Å². The van der Waals surface area contributed by atoms with Crippen molar-refractivity contribution in [1.82, 2.24) is 4.98 Å². The van der Waals surface area contributed by atoms with E-state index < -0.39 is 0 Å². The summed E-state index contributed by atoms with van der Waals surface area (Å²) in [6.07, 6.45) is 1.54. The van der Waals surface area contributed by atoms with E-state index in [0.29, 0.717) is 12.2 Å². The monoisotopic (exact) mass is 202 g/mol. The van der Waals surface area contributed by atoms with Gasteiger partial charge in [-0.15, -0.1) is 0 Å². The number of hydrogen-bond donors (Lipinski definition) is 0. The lowest BCUT2D eigenvalue weighted by Gasteiger charge is -2.02. The summed E-state index contributed by atoms with van der Waals surface area (Å²) in [5, 5.41) is 0.947. The van der Waals surface area contributed by atoms with Crippen molar-refractivity contribution in [3.05, 3.63) is 42.1 Å². The highest BCUT2D eigenvalue weighted by Gasteiger charge is 2.06. The molecule has 0 fully saturated rings. The number of carbonyl (C=O) groups excluding carboxylic acids is 1. The van der Waals surface area contributed by atoms with Crippen LogP contribution in [0.15, 0.2) is 36.5 Å². The molecular weight excluding hydrogens is 190 g/mol. The van der Waals surface area contributed by atoms with Crippen molar-refractivity contribution in [3.8, 4) is 0 Å². The summed E-state index contributed by atoms with van der Waals surface area (Å²) >= 11 is 0. The van der Waals surface area contributed by atoms with Crippen molar-refractivity contribution >= 4 is 16.9 Å². The molecule has 3 nitrogen and oxygen atoms in total. The SMILES string of the molecule is CCOC(=O)c1cnc2ccccc2c1.[H]. The van der Waals surface area contributed by atoms with Gasteiger partial charge in [0.1, 0.15) is 0 Å². The number of aromatic nitrogens is 1. The summed E-state index contributed by atoms with van der Waals surface area (Å²) in [6, 6.07) is 9.45. The third-order valence-corrected chi connectivity index (χ3v) is 2.10. The van der Waals surface area contributed by atoms with E-state index in [0.717, 1.165) is 10.9 Å². The predicted octanol–water partition coefficient (Wildman–Crippen LogP) is 2.52. The van der Waals surface area contributed by atoms with E-state index in [-0.39, 0.29) is 7.40 Å². The van der Waals surface area contributed by atoms with Crippen molar-refractivity contribution < 1.29 is 11.0 Å². The molecule has 0 N–H and O–H groups in total. The Morgan fingerprint density at radius 3 is 3.07 bits per heavy atom. The molecule has 0 aliphatic carbocycles. The van der Waals surface area contributed by atoms with Crippen LogP contribution in [0.2, 0.25) is 0 Å². The molecule has 77 valence electrons. The highest BCUT2D eigenvalue weighted by atomic mass is 16.5. The van der Waals surface area contributed by atoms with Gasteiger partial charge in [0.15, 0.2) is 0 Å². The van der Waals surface area contributed by atoms with E-state index >= 15 is 0 Å². The predicted molar refractivity (Wildman–Crippen MR) is 58.8 cm³/mol. The van der Waals surface area contributed by atoms with Gasteiger partial charge in [0.25, 0.3) is 0 Å². The molecule has 0 amide bonds. The number of fused-ring (bicyclic) bond motifs is 1. The molecule has 0 unspecified atom stereocenters. The zero-order valence-corrected chi connectivity index (χ0v) is 8.43. The molecular formula is C12H12NO2. The van der Waals surface area contributed by atoms with Crippen molar-refractivity contribution in [3.63, 3.8) is 0 Å². The molecule has 1 aromatic carbocycles. The number of rotatable bonds is 2. The first-order valence-electron chi connectivity index (χ1n) is 4.83. The lowest BCUT2D eigenvalue weighted by Crippen LogP contribution is -2.04. The average molecular weight is 202 g/mol. The molecule has 3 heteroatoms. The van der Waals surface area contributed by atoms with E-state index in [1.54, 1.807) is 19.2 Å². The second kappa shape index (κ2) is 4.09. The molecule has 0 aliphatic rings. The van der Waals surface area contributed by atoms with Crippen LogP contribution in [0.1, 0.15) is 18.7 Å². The molecule has 1 heterocycles. The van der Waals surface area contributed by atoms with Crippen LogP contribution < -0.4 is 0 Å². The fraction of sp³-hybridized carbons (Fsp3) is 0.167. The first kappa shape index (κ1) is 9.65. The second-order valence-corrected chi connectivity index (χ2v) is 3.14. The molecule has 0 bridgehead atoms. The summed E-state index contributed by atoms with van der Waals surface area (Å²) in [5.74, 6) is -0.323. The number of esters is 1. The molecule has 2 aromatic rings. The van der Waals surface area contributed by atoms with Gasteiger partial charge in [0.2, 0.25) is 0 Å². The zero-order valence-electron chi connectivity index (χ0n) is 9.43. The Morgan fingerprint density at radius 1 is 1.47 bits per heavy atom. The van der Waals surface area contributed by atoms with Gasteiger partial charge in [-0.25, -0.2) is 4.79 Å². The summed E-state index contributed by atoms with van der Waals surface area (Å²) in [4.78, 5) is 15.6. The van der Waals surface area contributed by atoms with E-state index in [2.05, 4.69) is 4.98 Å². The van der Waals surface area contributed by atoms with E-state index in [1.165, 1.54) is 0 Å². The van der Waals surface area contributed by atoms with Crippen LogP contribution in [0.5, 0.6) is 0 Å². The maximum absolute atomic E-state index is 11.4. The maximum atomic E-state index is 11.4. The number of hydrogen-bond acceptors (Lipinski definition) is 3. The molecule has 0 saturated heterocycles. The van der Waals surface area contributed by atoms with E-state index in [9.17, 15) is 4.79 Å². The van der Waals surface area contributed by atoms with Crippen LogP contribution in [0.3, 0.4) is 0 Å². The number of para-hydroxylation sites is 1. The minimum atomic E-state index is -0.323. The van der Waals surface area contributed by atoms with Gasteiger partial charge in [0, 0.05) is 13.0 Å². The first-order chi connectivity index (χ1) is 7.31. The fourth-order valence-electron chi connectivity index (χ4n) is 1.40. The molecule has 0 aliphatic heterocycles. The van der Waals surface area contributed by atoms with Gasteiger partial charge in [-0.05, 0) is 19.1 Å². The Labute approximate surface area is 89.2 Å². The zero-order chi connectivity index (χ0) is 10.7. The molecule has 1 aromatic heterocycles. The smallest absolute Gasteiger partial charge is 0.339 e. The maximum Gasteiger partial charge on any atom is 0.339 e. The molecule has 0 saturated carbocycles. The highest BCUT2D eigenvalue weighted by molar-refractivity contribution is 5.93. The normalized spacial score (nSPS) is 10.2. The topological polar surface area (TPSA) is 39.2 Å². The quantitative estimate of drug-likeness (QED) is 0.702. The molecule has 1 radical (unpaired) electrons. The number of carbonyl (C=O) groups is 1. The fourth-order valence-corrected chi connectivity index (χ4v) is 1.40. The number of pyridine rings is 1. The highest BCUT2D eigenvalue weighted by Crippen LogP contribution is 2.13. The third kappa shape index (κ3) is 1.96. The van der Waals surface area contributed by atoms with Crippen LogP contribution in [-0.2, 0) is 4.74 Å². The average Bonchev–Trinajstić information content (AvgIpc) is 2.29. The van der Waals surface area contributed by atoms with Crippen LogP contribution >= 0.6 is 0 Å². The van der Waals surface area contributed by atoms with Gasteiger partial charge in [-0.3, -0.25) is 4.98 Å². The Balaban J connectivity index is 0.00000128.